The molecular weight excluding hydrogens is 214 g/mol. The Balaban J connectivity index is 2.74. The summed E-state index contributed by atoms with van der Waals surface area (Å²) >= 11 is 0. The summed E-state index contributed by atoms with van der Waals surface area (Å²) in [5.41, 5.74) is 0.737. The summed E-state index contributed by atoms with van der Waals surface area (Å²) in [7, 11) is 3.60. The minimum absolute atomic E-state index is 0.0802. The molecule has 3 nitrogen and oxygen atoms in total. The summed E-state index contributed by atoms with van der Waals surface area (Å²) in [6.07, 6.45) is 1.05. The van der Waals surface area contributed by atoms with Crippen molar-refractivity contribution in [3.8, 4) is 5.75 Å². The predicted octanol–water partition coefficient (Wildman–Crippen LogP) is 2.61. The third-order valence-corrected chi connectivity index (χ3v) is 2.99. The van der Waals surface area contributed by atoms with E-state index in [1.165, 1.54) is 0 Å². The van der Waals surface area contributed by atoms with Gasteiger partial charge in [-0.15, -0.1) is 0 Å². The van der Waals surface area contributed by atoms with Crippen LogP contribution >= 0.6 is 0 Å². The van der Waals surface area contributed by atoms with Crippen LogP contribution in [0, 0.1) is 0 Å². The Hall–Kier alpha value is -1.35. The van der Waals surface area contributed by atoms with Gasteiger partial charge in [-0.25, -0.2) is 0 Å². The van der Waals surface area contributed by atoms with E-state index in [1.807, 2.05) is 38.2 Å². The molecule has 1 aromatic carbocycles. The molecule has 0 aliphatic carbocycles. The number of carbonyl (C=O) groups excluding carboxylic acids is 1. The number of carbonyl (C=O) groups is 1. The lowest BCUT2D eigenvalue weighted by molar-refractivity contribution is 0.0869. The zero-order valence-electron chi connectivity index (χ0n) is 11.1. The van der Waals surface area contributed by atoms with Gasteiger partial charge >= 0.3 is 0 Å². The Labute approximate surface area is 103 Å². The zero-order chi connectivity index (χ0) is 12.8. The van der Waals surface area contributed by atoms with Gasteiger partial charge in [0, 0.05) is 5.56 Å². The normalized spacial score (nSPS) is 12.5. The van der Waals surface area contributed by atoms with Gasteiger partial charge in [0.05, 0.1) is 13.2 Å². The highest BCUT2D eigenvalue weighted by Crippen LogP contribution is 2.14. The molecule has 0 heterocycles. The standard InChI is InChI=1S/C14H21NO2/c1-5-10-15(3)11(2)14(16)12-6-8-13(17-4)9-7-12/h6-9,11H,5,10H2,1-4H3. The molecule has 1 unspecified atom stereocenters. The van der Waals surface area contributed by atoms with Crippen molar-refractivity contribution in [2.24, 2.45) is 0 Å². The summed E-state index contributed by atoms with van der Waals surface area (Å²) in [5, 5.41) is 0. The first kappa shape index (κ1) is 13.7. The van der Waals surface area contributed by atoms with Gasteiger partial charge in [-0.05, 0) is 51.2 Å². The maximum atomic E-state index is 12.2. The number of benzene rings is 1. The van der Waals surface area contributed by atoms with Crippen LogP contribution in [0.15, 0.2) is 24.3 Å². The number of ketones is 1. The third-order valence-electron chi connectivity index (χ3n) is 2.99. The Morgan fingerprint density at radius 2 is 1.94 bits per heavy atom. The number of nitrogens with zero attached hydrogens (tertiary/aromatic N) is 1. The topological polar surface area (TPSA) is 29.5 Å². The van der Waals surface area contributed by atoms with E-state index in [2.05, 4.69) is 11.8 Å². The second kappa shape index (κ2) is 6.40. The van der Waals surface area contributed by atoms with Crippen LogP contribution in [0.1, 0.15) is 30.6 Å². The van der Waals surface area contributed by atoms with E-state index in [0.29, 0.717) is 0 Å². The molecule has 0 saturated heterocycles. The van der Waals surface area contributed by atoms with Gasteiger partial charge in [0.15, 0.2) is 5.78 Å². The molecule has 0 bridgehead atoms. The van der Waals surface area contributed by atoms with Crippen molar-refractivity contribution >= 4 is 5.78 Å². The first-order chi connectivity index (χ1) is 8.10. The Kier molecular flexibility index (Phi) is 5.16. The molecule has 1 atom stereocenters. The lowest BCUT2D eigenvalue weighted by Crippen LogP contribution is -2.36. The molecule has 0 aliphatic rings. The van der Waals surface area contributed by atoms with Gasteiger partial charge in [-0.3, -0.25) is 9.69 Å². The van der Waals surface area contributed by atoms with E-state index in [1.54, 1.807) is 7.11 Å². The van der Waals surface area contributed by atoms with E-state index in [4.69, 9.17) is 4.74 Å². The number of hydrogen-bond acceptors (Lipinski definition) is 3. The van der Waals surface area contributed by atoms with Crippen LogP contribution in [0.4, 0.5) is 0 Å². The van der Waals surface area contributed by atoms with Gasteiger partial charge in [-0.1, -0.05) is 6.92 Å². The lowest BCUT2D eigenvalue weighted by Gasteiger charge is -2.22. The van der Waals surface area contributed by atoms with Crippen LogP contribution < -0.4 is 4.74 Å². The van der Waals surface area contributed by atoms with Crippen LogP contribution in [0.5, 0.6) is 5.75 Å². The largest absolute Gasteiger partial charge is 0.497 e. The molecule has 0 saturated carbocycles. The monoisotopic (exact) mass is 235 g/mol. The fraction of sp³-hybridized carbons (Fsp3) is 0.500. The number of ether oxygens (including phenoxy) is 1. The minimum Gasteiger partial charge on any atom is -0.497 e. The van der Waals surface area contributed by atoms with Crippen molar-refractivity contribution in [3.05, 3.63) is 29.8 Å². The van der Waals surface area contributed by atoms with Crippen LogP contribution in [0.25, 0.3) is 0 Å². The molecule has 0 fully saturated rings. The number of rotatable bonds is 6. The van der Waals surface area contributed by atoms with Gasteiger partial charge in [-0.2, -0.15) is 0 Å². The molecule has 1 rings (SSSR count). The third kappa shape index (κ3) is 3.56. The maximum Gasteiger partial charge on any atom is 0.179 e. The average Bonchev–Trinajstić information content (AvgIpc) is 2.37. The second-order valence-electron chi connectivity index (χ2n) is 4.25. The molecule has 0 N–H and O–H groups in total. The minimum atomic E-state index is -0.0802. The molecule has 94 valence electrons. The number of likely N-dealkylation sites (N-methyl/N-ethyl adjacent to an activating group) is 1. The number of hydrogen-bond donors (Lipinski definition) is 0. The fourth-order valence-corrected chi connectivity index (χ4v) is 1.74. The van der Waals surface area contributed by atoms with Gasteiger partial charge < -0.3 is 4.74 Å². The van der Waals surface area contributed by atoms with Gasteiger partial charge in [0.2, 0.25) is 0 Å². The van der Waals surface area contributed by atoms with E-state index < -0.39 is 0 Å². The number of Topliss-reactive ketones (excluding diaryl/α,β-unsaturated/α-hetero) is 1. The number of methoxy groups -OCH3 is 1. The summed E-state index contributed by atoms with van der Waals surface area (Å²) in [6, 6.07) is 7.19. The summed E-state index contributed by atoms with van der Waals surface area (Å²) in [4.78, 5) is 14.3. The first-order valence-electron chi connectivity index (χ1n) is 5.98. The van der Waals surface area contributed by atoms with Crippen LogP contribution in [-0.2, 0) is 0 Å². The molecule has 17 heavy (non-hydrogen) atoms. The molecule has 0 radical (unpaired) electrons. The van der Waals surface area contributed by atoms with E-state index in [-0.39, 0.29) is 11.8 Å². The first-order valence-corrected chi connectivity index (χ1v) is 5.98. The maximum absolute atomic E-state index is 12.2. The van der Waals surface area contributed by atoms with Crippen LogP contribution in [0.3, 0.4) is 0 Å². The van der Waals surface area contributed by atoms with Crippen molar-refractivity contribution in [2.75, 3.05) is 20.7 Å². The fourth-order valence-electron chi connectivity index (χ4n) is 1.74. The van der Waals surface area contributed by atoms with Gasteiger partial charge in [0.1, 0.15) is 5.75 Å². The summed E-state index contributed by atoms with van der Waals surface area (Å²) in [5.74, 6) is 0.930. The molecule has 1 aromatic rings. The van der Waals surface area contributed by atoms with E-state index in [9.17, 15) is 4.79 Å². The molecule has 3 heteroatoms. The quantitative estimate of drug-likeness (QED) is 0.710. The molecular formula is C14H21NO2. The summed E-state index contributed by atoms with van der Waals surface area (Å²) < 4.78 is 5.07. The molecule has 0 amide bonds. The van der Waals surface area contributed by atoms with E-state index >= 15 is 0 Å². The van der Waals surface area contributed by atoms with Crippen molar-refractivity contribution in [1.29, 1.82) is 0 Å². The van der Waals surface area contributed by atoms with Gasteiger partial charge in [0.25, 0.3) is 0 Å². The van der Waals surface area contributed by atoms with Crippen molar-refractivity contribution < 1.29 is 9.53 Å². The smallest absolute Gasteiger partial charge is 0.179 e. The molecule has 0 spiro atoms. The van der Waals surface area contributed by atoms with Crippen LogP contribution in [-0.4, -0.2) is 37.4 Å². The second-order valence-corrected chi connectivity index (χ2v) is 4.25. The molecule has 0 aliphatic heterocycles. The zero-order valence-corrected chi connectivity index (χ0v) is 11.1. The Morgan fingerprint density at radius 1 is 1.35 bits per heavy atom. The molecule has 0 aromatic heterocycles. The lowest BCUT2D eigenvalue weighted by atomic mass is 10.0. The highest BCUT2D eigenvalue weighted by molar-refractivity contribution is 5.99. The Bertz CT molecular complexity index is 359. The van der Waals surface area contributed by atoms with Crippen molar-refractivity contribution in [1.82, 2.24) is 4.90 Å². The predicted molar refractivity (Wildman–Crippen MR) is 69.7 cm³/mol. The van der Waals surface area contributed by atoms with E-state index in [0.717, 1.165) is 24.3 Å². The van der Waals surface area contributed by atoms with Crippen LogP contribution in [0.2, 0.25) is 0 Å². The SMILES string of the molecule is CCCN(C)C(C)C(=O)c1ccc(OC)cc1. The Morgan fingerprint density at radius 3 is 2.41 bits per heavy atom. The highest BCUT2D eigenvalue weighted by atomic mass is 16.5. The van der Waals surface area contributed by atoms with Crippen molar-refractivity contribution in [3.63, 3.8) is 0 Å². The summed E-state index contributed by atoms with van der Waals surface area (Å²) in [6.45, 7) is 4.99. The van der Waals surface area contributed by atoms with Crippen molar-refractivity contribution in [2.45, 2.75) is 26.3 Å². The average molecular weight is 235 g/mol. The highest BCUT2D eigenvalue weighted by Gasteiger charge is 2.18.